The number of amides is 1. The Morgan fingerprint density at radius 1 is 0.750 bits per heavy atom. The van der Waals surface area contributed by atoms with E-state index < -0.39 is 13.2 Å². The number of thioether (sulfide) groups is 1. The fourth-order valence-electron chi connectivity index (χ4n) is 4.10. The van der Waals surface area contributed by atoms with Gasteiger partial charge in [-0.05, 0) is 55.5 Å². The highest BCUT2D eigenvalue weighted by molar-refractivity contribution is 8.04. The lowest BCUT2D eigenvalue weighted by Gasteiger charge is -2.29. The van der Waals surface area contributed by atoms with Gasteiger partial charge in [-0.25, -0.2) is 0 Å². The number of carbonyl (C=O) groups excluding carboxylic acids is 1. The number of hydrogen-bond donors (Lipinski definition) is 2. The molecule has 0 aliphatic heterocycles. The second kappa shape index (κ2) is 11.9. The SMILES string of the molecule is Cc1ccc(C(=O)N/C(=C\SCC(=O)O)[P+](c2ccccc2)(c2ccccc2)c2ccccc2)cc1. The van der Waals surface area contributed by atoms with Gasteiger partial charge in [0.1, 0.15) is 15.9 Å². The molecule has 0 aliphatic carbocycles. The van der Waals surface area contributed by atoms with E-state index in [0.717, 1.165) is 21.5 Å². The lowest BCUT2D eigenvalue weighted by molar-refractivity contribution is -0.133. The molecule has 0 saturated carbocycles. The molecular weight excluding hydrogens is 485 g/mol. The Balaban J connectivity index is 1.97. The van der Waals surface area contributed by atoms with E-state index in [9.17, 15) is 14.7 Å². The number of hydrogen-bond acceptors (Lipinski definition) is 3. The molecule has 0 bridgehead atoms. The van der Waals surface area contributed by atoms with Gasteiger partial charge >= 0.3 is 5.97 Å². The van der Waals surface area contributed by atoms with E-state index in [1.54, 1.807) is 12.1 Å². The van der Waals surface area contributed by atoms with Crippen LogP contribution in [0.2, 0.25) is 0 Å². The van der Waals surface area contributed by atoms with E-state index in [1.807, 2.05) is 79.1 Å². The Bertz CT molecular complexity index is 1240. The van der Waals surface area contributed by atoms with Gasteiger partial charge in [0, 0.05) is 11.0 Å². The molecule has 4 nitrogen and oxygen atoms in total. The minimum Gasteiger partial charge on any atom is -0.481 e. The van der Waals surface area contributed by atoms with Crippen molar-refractivity contribution in [3.05, 3.63) is 137 Å². The molecule has 0 spiro atoms. The van der Waals surface area contributed by atoms with Gasteiger partial charge in [-0.2, -0.15) is 0 Å². The van der Waals surface area contributed by atoms with Crippen molar-refractivity contribution < 1.29 is 14.7 Å². The summed E-state index contributed by atoms with van der Waals surface area (Å²) in [5, 5.41) is 17.6. The van der Waals surface area contributed by atoms with Gasteiger partial charge < -0.3 is 5.11 Å². The maximum atomic E-state index is 13.5. The predicted octanol–water partition coefficient (Wildman–Crippen LogP) is 5.34. The van der Waals surface area contributed by atoms with E-state index in [4.69, 9.17) is 0 Å². The molecule has 0 saturated heterocycles. The average molecular weight is 513 g/mol. The summed E-state index contributed by atoms with van der Waals surface area (Å²) in [6.07, 6.45) is 0. The van der Waals surface area contributed by atoms with Crippen LogP contribution in [0.4, 0.5) is 0 Å². The summed E-state index contributed by atoms with van der Waals surface area (Å²) in [5.41, 5.74) is 2.31. The zero-order valence-corrected chi connectivity index (χ0v) is 21.6. The molecule has 2 N–H and O–H groups in total. The number of aryl methyl sites for hydroxylation is 1. The summed E-state index contributed by atoms with van der Waals surface area (Å²) < 4.78 is 0. The van der Waals surface area contributed by atoms with Gasteiger partial charge in [0.15, 0.2) is 12.7 Å². The monoisotopic (exact) mass is 512 g/mol. The van der Waals surface area contributed by atoms with E-state index in [2.05, 4.69) is 41.7 Å². The molecule has 0 unspecified atom stereocenters. The summed E-state index contributed by atoms with van der Waals surface area (Å²) in [7, 11) is -2.59. The van der Waals surface area contributed by atoms with Crippen molar-refractivity contribution in [2.75, 3.05) is 5.75 Å². The molecule has 4 aromatic rings. The van der Waals surface area contributed by atoms with Crippen LogP contribution in [0.25, 0.3) is 0 Å². The Morgan fingerprint density at radius 3 is 1.61 bits per heavy atom. The number of carboxylic acids is 1. The molecule has 6 heteroatoms. The molecular formula is C30H27NO3PS+. The summed E-state index contributed by atoms with van der Waals surface area (Å²) in [6.45, 7) is 1.98. The van der Waals surface area contributed by atoms with Crippen molar-refractivity contribution in [2.45, 2.75) is 6.92 Å². The first-order chi connectivity index (χ1) is 17.5. The highest BCUT2D eigenvalue weighted by Crippen LogP contribution is 2.61. The standard InChI is InChI=1S/C30H26NO3PS/c1-23-17-19-24(20-18-23)30(34)31-28(21-36-22-29(32)33)35(25-11-5-2-6-12-25,26-13-7-3-8-14-26)27-15-9-4-10-16-27/h2-21H,22H2,1H3,(H-,31,32,33,34)/p+1/b28-21+. The first kappa shape index (κ1) is 25.4. The highest BCUT2D eigenvalue weighted by Gasteiger charge is 2.50. The van der Waals surface area contributed by atoms with Crippen LogP contribution in [0.5, 0.6) is 0 Å². The van der Waals surface area contributed by atoms with Crippen LogP contribution in [-0.4, -0.2) is 22.7 Å². The fourth-order valence-corrected chi connectivity index (χ4v) is 9.25. The molecule has 0 radical (unpaired) electrons. The number of carbonyl (C=O) groups is 2. The molecule has 0 aromatic heterocycles. The fraction of sp³-hybridized carbons (Fsp3) is 0.0667. The maximum absolute atomic E-state index is 13.5. The molecule has 0 heterocycles. The predicted molar refractivity (Wildman–Crippen MR) is 152 cm³/mol. The Kier molecular flexibility index (Phi) is 8.37. The van der Waals surface area contributed by atoms with Crippen molar-refractivity contribution in [3.8, 4) is 0 Å². The molecule has 180 valence electrons. The zero-order chi connectivity index (χ0) is 25.4. The average Bonchev–Trinajstić information content (AvgIpc) is 2.91. The Morgan fingerprint density at radius 2 is 1.19 bits per heavy atom. The number of rotatable bonds is 9. The van der Waals surface area contributed by atoms with Crippen molar-refractivity contribution >= 4 is 46.8 Å². The van der Waals surface area contributed by atoms with Gasteiger partial charge in [-0.1, -0.05) is 72.3 Å². The topological polar surface area (TPSA) is 66.4 Å². The van der Waals surface area contributed by atoms with Gasteiger partial charge in [0.25, 0.3) is 5.91 Å². The molecule has 4 rings (SSSR count). The van der Waals surface area contributed by atoms with E-state index in [1.165, 1.54) is 11.8 Å². The summed E-state index contributed by atoms with van der Waals surface area (Å²) in [5.74, 6) is -1.25. The van der Waals surface area contributed by atoms with Crippen LogP contribution < -0.4 is 21.2 Å². The van der Waals surface area contributed by atoms with Crippen LogP contribution in [0, 0.1) is 6.92 Å². The largest absolute Gasteiger partial charge is 0.481 e. The quantitative estimate of drug-likeness (QED) is 0.297. The molecule has 1 amide bonds. The first-order valence-corrected chi connectivity index (χ1v) is 14.3. The smallest absolute Gasteiger partial charge is 0.313 e. The maximum Gasteiger partial charge on any atom is 0.313 e. The van der Waals surface area contributed by atoms with Crippen molar-refractivity contribution in [1.82, 2.24) is 5.32 Å². The second-order valence-corrected chi connectivity index (χ2v) is 12.4. The van der Waals surface area contributed by atoms with Crippen molar-refractivity contribution in [3.63, 3.8) is 0 Å². The third-order valence-electron chi connectivity index (χ3n) is 5.75. The molecule has 0 fully saturated rings. The first-order valence-electron chi connectivity index (χ1n) is 11.5. The molecule has 4 aromatic carbocycles. The van der Waals surface area contributed by atoms with Crippen LogP contribution in [-0.2, 0) is 4.79 Å². The van der Waals surface area contributed by atoms with Crippen LogP contribution >= 0.6 is 19.0 Å². The van der Waals surface area contributed by atoms with Gasteiger partial charge in [0.2, 0.25) is 0 Å². The Labute approximate surface area is 216 Å². The summed E-state index contributed by atoms with van der Waals surface area (Å²) in [4.78, 5) is 24.9. The van der Waals surface area contributed by atoms with Crippen LogP contribution in [0.3, 0.4) is 0 Å². The van der Waals surface area contributed by atoms with Crippen molar-refractivity contribution in [1.29, 1.82) is 0 Å². The molecule has 0 atom stereocenters. The minimum absolute atomic E-state index is 0.109. The molecule has 36 heavy (non-hydrogen) atoms. The zero-order valence-electron chi connectivity index (χ0n) is 19.9. The van der Waals surface area contributed by atoms with Crippen molar-refractivity contribution in [2.24, 2.45) is 0 Å². The third kappa shape index (κ3) is 5.59. The Hall–Kier alpha value is -3.66. The van der Waals surface area contributed by atoms with Gasteiger partial charge in [-0.3, -0.25) is 14.9 Å². The summed E-state index contributed by atoms with van der Waals surface area (Å²) >= 11 is 1.17. The van der Waals surface area contributed by atoms with E-state index in [0.29, 0.717) is 11.0 Å². The third-order valence-corrected chi connectivity index (χ3v) is 10.9. The van der Waals surface area contributed by atoms with E-state index >= 15 is 0 Å². The number of aliphatic carboxylic acids is 1. The number of nitrogens with one attached hydrogen (secondary N) is 1. The van der Waals surface area contributed by atoms with Crippen LogP contribution in [0.1, 0.15) is 15.9 Å². The van der Waals surface area contributed by atoms with Gasteiger partial charge in [0.05, 0.1) is 5.75 Å². The minimum atomic E-state index is -2.59. The van der Waals surface area contributed by atoms with Gasteiger partial charge in [-0.15, -0.1) is 11.8 Å². The molecule has 0 aliphatic rings. The normalized spacial score (nSPS) is 11.6. The number of benzene rings is 4. The van der Waals surface area contributed by atoms with Crippen LogP contribution in [0.15, 0.2) is 126 Å². The lowest BCUT2D eigenvalue weighted by atomic mass is 10.1. The second-order valence-electron chi connectivity index (χ2n) is 8.21. The summed E-state index contributed by atoms with van der Waals surface area (Å²) in [6, 6.07) is 37.9. The number of carboxylic acid groups (broad SMARTS) is 1. The van der Waals surface area contributed by atoms with E-state index in [-0.39, 0.29) is 11.7 Å². The lowest BCUT2D eigenvalue weighted by Crippen LogP contribution is -2.38. The highest BCUT2D eigenvalue weighted by atomic mass is 32.2.